The van der Waals surface area contributed by atoms with Crippen molar-refractivity contribution in [3.8, 4) is 5.75 Å². The van der Waals surface area contributed by atoms with Crippen LogP contribution in [0, 0.1) is 0 Å². The molecule has 2 aromatic rings. The van der Waals surface area contributed by atoms with Crippen molar-refractivity contribution in [2.24, 2.45) is 0 Å². The number of ether oxygens (including phenoxy) is 1. The first-order chi connectivity index (χ1) is 14.1. The van der Waals surface area contributed by atoms with Gasteiger partial charge in [0.05, 0.1) is 13.5 Å². The van der Waals surface area contributed by atoms with Crippen LogP contribution in [-0.4, -0.2) is 30.5 Å². The topological polar surface area (TPSA) is 58.6 Å². The summed E-state index contributed by atoms with van der Waals surface area (Å²) in [7, 11) is 1.60. The first-order valence-corrected chi connectivity index (χ1v) is 10.1. The quantitative estimate of drug-likeness (QED) is 0.760. The van der Waals surface area contributed by atoms with Gasteiger partial charge in [-0.1, -0.05) is 49.2 Å². The van der Waals surface area contributed by atoms with Crippen LogP contribution in [0.25, 0.3) is 6.08 Å². The number of nitrogens with one attached hydrogen (secondary N) is 1. The third kappa shape index (κ3) is 3.77. The van der Waals surface area contributed by atoms with Crippen LogP contribution < -0.4 is 15.0 Å². The van der Waals surface area contributed by atoms with E-state index in [1.165, 1.54) is 0 Å². The molecule has 2 fully saturated rings. The summed E-state index contributed by atoms with van der Waals surface area (Å²) in [6, 6.07) is 17.3. The molecule has 0 spiro atoms. The van der Waals surface area contributed by atoms with E-state index in [0.717, 1.165) is 31.2 Å². The third-order valence-corrected chi connectivity index (χ3v) is 5.83. The van der Waals surface area contributed by atoms with E-state index in [2.05, 4.69) is 5.32 Å². The molecule has 4 rings (SSSR count). The zero-order valence-electron chi connectivity index (χ0n) is 16.6. The Morgan fingerprint density at radius 3 is 2.41 bits per heavy atom. The number of amides is 2. The molecule has 1 saturated heterocycles. The minimum atomic E-state index is -1.01. The van der Waals surface area contributed by atoms with Crippen LogP contribution in [0.2, 0.25) is 0 Å². The Hall–Kier alpha value is -3.08. The minimum absolute atomic E-state index is 0.0607. The van der Waals surface area contributed by atoms with Crippen LogP contribution in [0.5, 0.6) is 5.75 Å². The molecule has 1 aliphatic carbocycles. The number of hydrogen-bond donors (Lipinski definition) is 1. The molecule has 1 N–H and O–H groups in total. The highest BCUT2D eigenvalue weighted by Crippen LogP contribution is 2.40. The maximum absolute atomic E-state index is 13.4. The molecule has 29 heavy (non-hydrogen) atoms. The first-order valence-electron chi connectivity index (χ1n) is 10.1. The Bertz CT molecular complexity index is 901. The summed E-state index contributed by atoms with van der Waals surface area (Å²) in [5.41, 5.74) is 0.681. The molecule has 5 nitrogen and oxygen atoms in total. The number of methoxy groups -OCH3 is 1. The fourth-order valence-corrected chi connectivity index (χ4v) is 4.20. The van der Waals surface area contributed by atoms with E-state index in [-0.39, 0.29) is 24.3 Å². The highest BCUT2D eigenvalue weighted by atomic mass is 16.5. The summed E-state index contributed by atoms with van der Waals surface area (Å²) in [5.74, 6) is 0.545. The van der Waals surface area contributed by atoms with Crippen molar-refractivity contribution in [2.75, 3.05) is 12.0 Å². The summed E-state index contributed by atoms with van der Waals surface area (Å²) < 4.78 is 5.22. The van der Waals surface area contributed by atoms with Crippen molar-refractivity contribution in [1.82, 2.24) is 5.32 Å². The zero-order valence-corrected chi connectivity index (χ0v) is 16.6. The van der Waals surface area contributed by atoms with Crippen LogP contribution in [0.1, 0.15) is 37.7 Å². The van der Waals surface area contributed by atoms with Gasteiger partial charge in [0.15, 0.2) is 5.54 Å². The number of carbonyl (C=O) groups excluding carboxylic acids is 2. The molecule has 0 radical (unpaired) electrons. The Morgan fingerprint density at radius 1 is 1.10 bits per heavy atom. The van der Waals surface area contributed by atoms with E-state index in [1.54, 1.807) is 12.0 Å². The van der Waals surface area contributed by atoms with Crippen molar-refractivity contribution in [1.29, 1.82) is 0 Å². The van der Waals surface area contributed by atoms with E-state index < -0.39 is 5.54 Å². The number of β-lactam (4-membered cyclic amide) rings is 1. The molecule has 1 saturated carbocycles. The first kappa shape index (κ1) is 19.2. The van der Waals surface area contributed by atoms with Gasteiger partial charge in [-0.05, 0) is 48.7 Å². The molecular formula is C24H26N2O3. The highest BCUT2D eigenvalue weighted by molar-refractivity contribution is 6.15. The number of hydrogen-bond acceptors (Lipinski definition) is 3. The zero-order chi connectivity index (χ0) is 20.3. The normalized spacial score (nSPS) is 22.0. The van der Waals surface area contributed by atoms with E-state index in [0.29, 0.717) is 11.4 Å². The van der Waals surface area contributed by atoms with E-state index in [4.69, 9.17) is 4.74 Å². The van der Waals surface area contributed by atoms with Gasteiger partial charge in [0.25, 0.3) is 5.91 Å². The van der Waals surface area contributed by atoms with Crippen molar-refractivity contribution < 1.29 is 14.3 Å². The van der Waals surface area contributed by atoms with Gasteiger partial charge in [-0.2, -0.15) is 0 Å². The standard InChI is InChI=1S/C24H26N2O3/c1-29-21-13-11-20(12-14-21)26-22(27)17-24(26,16-15-18-7-3-2-4-8-18)23(28)25-19-9-5-6-10-19/h2-4,7-8,11-16,19H,5-6,9-10,17H2,1H3,(H,25,28)/b16-15+. The Labute approximate surface area is 171 Å². The van der Waals surface area contributed by atoms with Gasteiger partial charge in [0.1, 0.15) is 5.75 Å². The second kappa shape index (κ2) is 8.11. The van der Waals surface area contributed by atoms with Gasteiger partial charge in [-0.25, -0.2) is 0 Å². The van der Waals surface area contributed by atoms with Crippen LogP contribution >= 0.6 is 0 Å². The summed E-state index contributed by atoms with van der Waals surface area (Å²) in [6.45, 7) is 0. The summed E-state index contributed by atoms with van der Waals surface area (Å²) in [4.78, 5) is 27.6. The lowest BCUT2D eigenvalue weighted by Gasteiger charge is -2.49. The number of benzene rings is 2. The second-order valence-electron chi connectivity index (χ2n) is 7.73. The van der Waals surface area contributed by atoms with Crippen LogP contribution in [-0.2, 0) is 9.59 Å². The van der Waals surface area contributed by atoms with Gasteiger partial charge in [-0.15, -0.1) is 0 Å². The molecule has 1 atom stereocenters. The SMILES string of the molecule is COc1ccc(N2C(=O)CC2(/C=C/c2ccccc2)C(=O)NC2CCCC2)cc1. The monoisotopic (exact) mass is 390 g/mol. The smallest absolute Gasteiger partial charge is 0.251 e. The minimum Gasteiger partial charge on any atom is -0.497 e. The summed E-state index contributed by atoms with van der Waals surface area (Å²) in [5, 5.41) is 3.19. The Balaban J connectivity index is 1.67. The van der Waals surface area contributed by atoms with Gasteiger partial charge < -0.3 is 10.1 Å². The van der Waals surface area contributed by atoms with Gasteiger partial charge in [-0.3, -0.25) is 14.5 Å². The molecule has 5 heteroatoms. The van der Waals surface area contributed by atoms with E-state index in [9.17, 15) is 9.59 Å². The molecule has 0 bridgehead atoms. The highest BCUT2D eigenvalue weighted by Gasteiger charge is 2.56. The van der Waals surface area contributed by atoms with E-state index >= 15 is 0 Å². The van der Waals surface area contributed by atoms with E-state index in [1.807, 2.05) is 66.7 Å². The Kier molecular flexibility index (Phi) is 5.38. The average Bonchev–Trinajstić information content (AvgIpc) is 3.25. The summed E-state index contributed by atoms with van der Waals surface area (Å²) >= 11 is 0. The summed E-state index contributed by atoms with van der Waals surface area (Å²) in [6.07, 6.45) is 8.25. The molecule has 2 amide bonds. The van der Waals surface area contributed by atoms with Gasteiger partial charge >= 0.3 is 0 Å². The molecule has 150 valence electrons. The lowest BCUT2D eigenvalue weighted by Crippen LogP contribution is -2.70. The number of nitrogens with zero attached hydrogens (tertiary/aromatic N) is 1. The lowest BCUT2D eigenvalue weighted by atomic mass is 9.80. The Morgan fingerprint density at radius 2 is 1.79 bits per heavy atom. The lowest BCUT2D eigenvalue weighted by molar-refractivity contribution is -0.137. The molecule has 2 aliphatic rings. The average molecular weight is 390 g/mol. The fraction of sp³-hybridized carbons (Fsp3) is 0.333. The predicted molar refractivity (Wildman–Crippen MR) is 114 cm³/mol. The van der Waals surface area contributed by atoms with Crippen molar-refractivity contribution in [3.05, 3.63) is 66.2 Å². The molecule has 0 aromatic heterocycles. The van der Waals surface area contributed by atoms with Crippen molar-refractivity contribution >= 4 is 23.6 Å². The molecule has 2 aromatic carbocycles. The molecule has 1 heterocycles. The molecule has 1 aliphatic heterocycles. The predicted octanol–water partition coefficient (Wildman–Crippen LogP) is 3.94. The maximum atomic E-state index is 13.4. The van der Waals surface area contributed by atoms with Crippen LogP contribution in [0.15, 0.2) is 60.7 Å². The number of carbonyl (C=O) groups is 2. The van der Waals surface area contributed by atoms with Crippen molar-refractivity contribution in [2.45, 2.75) is 43.7 Å². The largest absolute Gasteiger partial charge is 0.497 e. The number of anilines is 1. The third-order valence-electron chi connectivity index (χ3n) is 5.83. The van der Waals surface area contributed by atoms with Crippen LogP contribution in [0.4, 0.5) is 5.69 Å². The fourth-order valence-electron chi connectivity index (χ4n) is 4.20. The van der Waals surface area contributed by atoms with Gasteiger partial charge in [0, 0.05) is 11.7 Å². The van der Waals surface area contributed by atoms with Crippen LogP contribution in [0.3, 0.4) is 0 Å². The van der Waals surface area contributed by atoms with Crippen molar-refractivity contribution in [3.63, 3.8) is 0 Å². The molecule has 1 unspecified atom stereocenters. The van der Waals surface area contributed by atoms with Gasteiger partial charge in [0.2, 0.25) is 5.91 Å². The second-order valence-corrected chi connectivity index (χ2v) is 7.73. The molecular weight excluding hydrogens is 364 g/mol. The maximum Gasteiger partial charge on any atom is 0.251 e. The number of rotatable bonds is 6.